The summed E-state index contributed by atoms with van der Waals surface area (Å²) in [7, 11) is 1.82. The van der Waals surface area contributed by atoms with Crippen molar-refractivity contribution in [3.63, 3.8) is 0 Å². The number of imidazole rings is 1. The van der Waals surface area contributed by atoms with Gasteiger partial charge in [-0.3, -0.25) is 4.57 Å². The lowest BCUT2D eigenvalue weighted by Crippen LogP contribution is -2.38. The quantitative estimate of drug-likeness (QED) is 0.530. The highest BCUT2D eigenvalue weighted by Gasteiger charge is 2.17. The van der Waals surface area contributed by atoms with Crippen molar-refractivity contribution < 1.29 is 4.79 Å². The summed E-state index contributed by atoms with van der Waals surface area (Å²) in [5, 5.41) is 2.98. The van der Waals surface area contributed by atoms with Gasteiger partial charge >= 0.3 is 6.03 Å². The van der Waals surface area contributed by atoms with Crippen molar-refractivity contribution in [1.29, 1.82) is 0 Å². The fourth-order valence-electron chi connectivity index (χ4n) is 3.38. The van der Waals surface area contributed by atoms with Crippen LogP contribution in [0.3, 0.4) is 0 Å². The first kappa shape index (κ1) is 18.7. The van der Waals surface area contributed by atoms with Crippen LogP contribution in [-0.4, -0.2) is 27.5 Å². The van der Waals surface area contributed by atoms with Gasteiger partial charge in [0.2, 0.25) is 0 Å². The molecule has 29 heavy (non-hydrogen) atoms. The third-order valence-electron chi connectivity index (χ3n) is 5.30. The van der Waals surface area contributed by atoms with E-state index in [2.05, 4.69) is 45.2 Å². The number of nitrogens with one attached hydrogen (secondary N) is 1. The molecule has 0 saturated heterocycles. The molecule has 1 N–H and O–H groups in total. The van der Waals surface area contributed by atoms with Gasteiger partial charge in [-0.1, -0.05) is 54.6 Å². The Morgan fingerprint density at radius 1 is 1.00 bits per heavy atom. The van der Waals surface area contributed by atoms with E-state index >= 15 is 0 Å². The molecule has 3 aromatic carbocycles. The second-order valence-electron chi connectivity index (χ2n) is 7.13. The molecular formula is C24H24N4O. The molecule has 4 rings (SSSR count). The number of fused-ring (bicyclic) bond motifs is 1. The molecule has 1 heterocycles. The summed E-state index contributed by atoms with van der Waals surface area (Å²) in [6, 6.07) is 26.1. The van der Waals surface area contributed by atoms with E-state index in [0.29, 0.717) is 6.54 Å². The van der Waals surface area contributed by atoms with Crippen molar-refractivity contribution in [2.75, 3.05) is 7.05 Å². The number of urea groups is 1. The predicted molar refractivity (Wildman–Crippen MR) is 116 cm³/mol. The normalized spacial score (nSPS) is 11.9. The minimum Gasteiger partial charge on any atom is -0.334 e. The molecule has 146 valence electrons. The van der Waals surface area contributed by atoms with Crippen LogP contribution in [0.1, 0.15) is 24.1 Å². The summed E-state index contributed by atoms with van der Waals surface area (Å²) >= 11 is 0. The Morgan fingerprint density at radius 3 is 2.45 bits per heavy atom. The van der Waals surface area contributed by atoms with Gasteiger partial charge < -0.3 is 10.2 Å². The fraction of sp³-hybridized carbons (Fsp3) is 0.167. The molecule has 4 aromatic rings. The summed E-state index contributed by atoms with van der Waals surface area (Å²) in [4.78, 5) is 18.7. The summed E-state index contributed by atoms with van der Waals surface area (Å²) in [6.45, 7) is 2.55. The number of amides is 2. The molecule has 0 radical (unpaired) electrons. The van der Waals surface area contributed by atoms with Gasteiger partial charge in [0.1, 0.15) is 6.33 Å². The third-order valence-corrected chi connectivity index (χ3v) is 5.30. The molecule has 1 aromatic heterocycles. The van der Waals surface area contributed by atoms with Crippen molar-refractivity contribution in [2.24, 2.45) is 0 Å². The first-order chi connectivity index (χ1) is 14.1. The first-order valence-corrected chi connectivity index (χ1v) is 9.70. The monoisotopic (exact) mass is 384 g/mol. The van der Waals surface area contributed by atoms with E-state index in [9.17, 15) is 4.79 Å². The largest absolute Gasteiger partial charge is 0.334 e. The van der Waals surface area contributed by atoms with Crippen LogP contribution < -0.4 is 5.32 Å². The Bertz CT molecular complexity index is 1100. The van der Waals surface area contributed by atoms with Gasteiger partial charge in [-0.15, -0.1) is 0 Å². The molecular weight excluding hydrogens is 360 g/mol. The molecule has 0 aliphatic heterocycles. The average Bonchev–Trinajstić information content (AvgIpc) is 3.21. The number of nitrogens with zero attached hydrogens (tertiary/aromatic N) is 3. The molecule has 0 bridgehead atoms. The highest BCUT2D eigenvalue weighted by molar-refractivity contribution is 5.77. The molecule has 0 aliphatic rings. The Kier molecular flexibility index (Phi) is 5.29. The van der Waals surface area contributed by atoms with E-state index in [4.69, 9.17) is 0 Å². The van der Waals surface area contributed by atoms with Crippen LogP contribution in [0.2, 0.25) is 0 Å². The predicted octanol–water partition coefficient (Wildman–Crippen LogP) is 4.93. The van der Waals surface area contributed by atoms with E-state index in [0.717, 1.165) is 27.8 Å². The van der Waals surface area contributed by atoms with Crippen molar-refractivity contribution in [2.45, 2.75) is 19.5 Å². The molecule has 5 nitrogen and oxygen atoms in total. The SMILES string of the molecule is C[C@H](c1ccc(-n2cnc3ccccc32)cc1)N(C)C(=O)NCc1ccccc1. The molecule has 0 aliphatic carbocycles. The maximum atomic E-state index is 12.5. The number of carbonyl (C=O) groups is 1. The number of rotatable bonds is 5. The Labute approximate surface area is 170 Å². The first-order valence-electron chi connectivity index (χ1n) is 9.70. The lowest BCUT2D eigenvalue weighted by atomic mass is 10.1. The molecule has 1 atom stereocenters. The van der Waals surface area contributed by atoms with Crippen LogP contribution in [0.15, 0.2) is 85.2 Å². The van der Waals surface area contributed by atoms with Crippen LogP contribution >= 0.6 is 0 Å². The van der Waals surface area contributed by atoms with Crippen LogP contribution in [0.4, 0.5) is 4.79 Å². The topological polar surface area (TPSA) is 50.2 Å². The number of carbonyl (C=O) groups excluding carboxylic acids is 1. The van der Waals surface area contributed by atoms with Gasteiger partial charge in [-0.05, 0) is 42.3 Å². The maximum absolute atomic E-state index is 12.5. The van der Waals surface area contributed by atoms with Crippen LogP contribution in [0.5, 0.6) is 0 Å². The highest BCUT2D eigenvalue weighted by Crippen LogP contribution is 2.23. The van der Waals surface area contributed by atoms with Crippen LogP contribution in [0.25, 0.3) is 16.7 Å². The molecule has 0 spiro atoms. The molecule has 0 unspecified atom stereocenters. The second kappa shape index (κ2) is 8.19. The number of para-hydroxylation sites is 2. The average molecular weight is 384 g/mol. The van der Waals surface area contributed by atoms with Gasteiger partial charge in [0, 0.05) is 19.3 Å². The Morgan fingerprint density at radius 2 is 1.69 bits per heavy atom. The Balaban J connectivity index is 1.44. The zero-order valence-electron chi connectivity index (χ0n) is 16.6. The van der Waals surface area contributed by atoms with Gasteiger partial charge in [0.15, 0.2) is 0 Å². The van der Waals surface area contributed by atoms with Crippen LogP contribution in [0, 0.1) is 0 Å². The lowest BCUT2D eigenvalue weighted by molar-refractivity contribution is 0.194. The minimum absolute atomic E-state index is 0.0423. The van der Waals surface area contributed by atoms with Gasteiger partial charge in [-0.25, -0.2) is 9.78 Å². The fourth-order valence-corrected chi connectivity index (χ4v) is 3.38. The van der Waals surface area contributed by atoms with Crippen LogP contribution in [-0.2, 0) is 6.54 Å². The highest BCUT2D eigenvalue weighted by atomic mass is 16.2. The second-order valence-corrected chi connectivity index (χ2v) is 7.13. The molecule has 0 saturated carbocycles. The maximum Gasteiger partial charge on any atom is 0.317 e. The van der Waals surface area contributed by atoms with E-state index in [-0.39, 0.29) is 12.1 Å². The van der Waals surface area contributed by atoms with Gasteiger partial charge in [0.05, 0.1) is 17.1 Å². The van der Waals surface area contributed by atoms with E-state index in [1.165, 1.54) is 0 Å². The smallest absolute Gasteiger partial charge is 0.317 e. The molecule has 0 fully saturated rings. The van der Waals surface area contributed by atoms with Gasteiger partial charge in [0.25, 0.3) is 0 Å². The number of hydrogen-bond donors (Lipinski definition) is 1. The van der Waals surface area contributed by atoms with Crippen molar-refractivity contribution in [3.8, 4) is 5.69 Å². The standard InChI is InChI=1S/C24H24N4O/c1-18(27(2)24(29)25-16-19-8-4-3-5-9-19)20-12-14-21(15-13-20)28-17-26-22-10-6-7-11-23(22)28/h3-15,17-18H,16H2,1-2H3,(H,25,29)/t18-/m1/s1. The number of hydrogen-bond acceptors (Lipinski definition) is 2. The summed E-state index contributed by atoms with van der Waals surface area (Å²) in [5.41, 5.74) is 5.26. The van der Waals surface area contributed by atoms with E-state index in [1.807, 2.05) is 68.8 Å². The summed E-state index contributed by atoms with van der Waals surface area (Å²) in [6.07, 6.45) is 1.84. The van der Waals surface area contributed by atoms with E-state index < -0.39 is 0 Å². The lowest BCUT2D eigenvalue weighted by Gasteiger charge is -2.26. The molecule has 5 heteroatoms. The van der Waals surface area contributed by atoms with Gasteiger partial charge in [-0.2, -0.15) is 0 Å². The van der Waals surface area contributed by atoms with E-state index in [1.54, 1.807) is 4.90 Å². The number of aromatic nitrogens is 2. The summed E-state index contributed by atoms with van der Waals surface area (Å²) in [5.74, 6) is 0. The minimum atomic E-state index is -0.0916. The number of benzene rings is 3. The summed E-state index contributed by atoms with van der Waals surface area (Å²) < 4.78 is 2.07. The van der Waals surface area contributed by atoms with Crippen molar-refractivity contribution in [1.82, 2.24) is 19.8 Å². The Hall–Kier alpha value is -3.60. The van der Waals surface area contributed by atoms with Crippen molar-refractivity contribution >= 4 is 17.1 Å². The molecule has 2 amide bonds. The van der Waals surface area contributed by atoms with Crippen molar-refractivity contribution in [3.05, 3.63) is 96.3 Å². The third kappa shape index (κ3) is 3.99. The zero-order valence-corrected chi connectivity index (χ0v) is 16.6. The zero-order chi connectivity index (χ0) is 20.2.